The molecule has 0 bridgehead atoms. The van der Waals surface area contributed by atoms with Crippen LogP contribution in [0.2, 0.25) is 0 Å². The molecule has 0 aromatic rings. The molecule has 0 aliphatic heterocycles. The highest BCUT2D eigenvalue weighted by Crippen LogP contribution is 2.43. The molecule has 11 nitrogen and oxygen atoms in total. The van der Waals surface area contributed by atoms with Gasteiger partial charge in [-0.3, -0.25) is 18.6 Å². The first kappa shape index (κ1) is 33.2. The van der Waals surface area contributed by atoms with Gasteiger partial charge >= 0.3 is 19.8 Å². The van der Waals surface area contributed by atoms with E-state index in [2.05, 4.69) is 33.4 Å². The van der Waals surface area contributed by atoms with Gasteiger partial charge in [-0.15, -0.1) is 0 Å². The predicted octanol–water partition coefficient (Wildman–Crippen LogP) is 3.48. The van der Waals surface area contributed by atoms with Crippen LogP contribution in [0.4, 0.5) is 0 Å². The highest BCUT2D eigenvalue weighted by molar-refractivity contribution is 7.47. The van der Waals surface area contributed by atoms with Crippen molar-refractivity contribution < 1.29 is 47.8 Å². The first-order valence-electron chi connectivity index (χ1n) is 12.2. The van der Waals surface area contributed by atoms with E-state index in [1.165, 1.54) is 19.8 Å². The van der Waals surface area contributed by atoms with Crippen molar-refractivity contribution in [2.45, 2.75) is 96.6 Å². The summed E-state index contributed by atoms with van der Waals surface area (Å²) in [4.78, 5) is 43.8. The van der Waals surface area contributed by atoms with Gasteiger partial charge in [-0.05, 0) is 25.7 Å². The van der Waals surface area contributed by atoms with Crippen molar-refractivity contribution in [2.24, 2.45) is 0 Å². The molecule has 0 saturated carbocycles. The SMILES string of the molecule is CCCC/C=C\CCCCCCCC(=O)OCC(O)COP(=O)(O)OCC(NC(=O)CC)C(=O)O. The number of aliphatic carboxylic acids is 1. The Hall–Kier alpha value is -1.78. The highest BCUT2D eigenvalue weighted by atomic mass is 31.2. The smallest absolute Gasteiger partial charge is 0.472 e. The van der Waals surface area contributed by atoms with Gasteiger partial charge in [0.15, 0.2) is 6.04 Å². The van der Waals surface area contributed by atoms with Crippen LogP contribution in [0.15, 0.2) is 12.2 Å². The Bertz CT molecular complexity index is 685. The first-order valence-corrected chi connectivity index (χ1v) is 13.7. The average Bonchev–Trinajstić information content (AvgIpc) is 2.82. The van der Waals surface area contributed by atoms with E-state index in [1.54, 1.807) is 0 Å². The molecule has 0 fully saturated rings. The maximum absolute atomic E-state index is 11.8. The Morgan fingerprint density at radius 1 is 0.914 bits per heavy atom. The summed E-state index contributed by atoms with van der Waals surface area (Å²) in [5.74, 6) is -2.51. The summed E-state index contributed by atoms with van der Waals surface area (Å²) >= 11 is 0. The monoisotopic (exact) mass is 523 g/mol. The Morgan fingerprint density at radius 2 is 1.51 bits per heavy atom. The van der Waals surface area contributed by atoms with Gasteiger partial charge in [0.2, 0.25) is 5.91 Å². The van der Waals surface area contributed by atoms with Gasteiger partial charge in [0.25, 0.3) is 0 Å². The van der Waals surface area contributed by atoms with E-state index in [0.717, 1.165) is 38.5 Å². The van der Waals surface area contributed by atoms with Crippen molar-refractivity contribution >= 4 is 25.7 Å². The number of allylic oxidation sites excluding steroid dienone is 2. The average molecular weight is 524 g/mol. The van der Waals surface area contributed by atoms with Crippen molar-refractivity contribution in [1.82, 2.24) is 5.32 Å². The number of carboxylic acid groups (broad SMARTS) is 1. The van der Waals surface area contributed by atoms with Gasteiger partial charge in [-0.2, -0.15) is 0 Å². The number of aliphatic hydroxyl groups excluding tert-OH is 1. The van der Waals surface area contributed by atoms with Gasteiger partial charge in [0.05, 0.1) is 13.2 Å². The van der Waals surface area contributed by atoms with Crippen LogP contribution < -0.4 is 5.32 Å². The number of amides is 1. The number of carboxylic acids is 1. The Labute approximate surface area is 207 Å². The van der Waals surface area contributed by atoms with Crippen molar-refractivity contribution in [2.75, 3.05) is 19.8 Å². The summed E-state index contributed by atoms with van der Waals surface area (Å²) in [5.41, 5.74) is 0. The van der Waals surface area contributed by atoms with Crippen molar-refractivity contribution in [3.8, 4) is 0 Å². The van der Waals surface area contributed by atoms with E-state index in [4.69, 9.17) is 9.84 Å². The maximum atomic E-state index is 11.8. The number of rotatable bonds is 22. The molecule has 35 heavy (non-hydrogen) atoms. The largest absolute Gasteiger partial charge is 0.480 e. The minimum absolute atomic E-state index is 0.0268. The zero-order valence-corrected chi connectivity index (χ0v) is 21.7. The van der Waals surface area contributed by atoms with E-state index >= 15 is 0 Å². The summed E-state index contributed by atoms with van der Waals surface area (Å²) < 4.78 is 25.9. The zero-order chi connectivity index (χ0) is 26.5. The van der Waals surface area contributed by atoms with E-state index < -0.39 is 57.6 Å². The van der Waals surface area contributed by atoms with Crippen LogP contribution in [-0.2, 0) is 32.7 Å². The number of nitrogens with one attached hydrogen (secondary N) is 1. The van der Waals surface area contributed by atoms with Crippen molar-refractivity contribution in [1.29, 1.82) is 0 Å². The number of hydrogen-bond acceptors (Lipinski definition) is 8. The van der Waals surface area contributed by atoms with Crippen LogP contribution in [0.1, 0.15) is 84.5 Å². The van der Waals surface area contributed by atoms with E-state index in [9.17, 15) is 28.9 Å². The predicted molar refractivity (Wildman–Crippen MR) is 130 cm³/mol. The van der Waals surface area contributed by atoms with Gasteiger partial charge < -0.3 is 25.2 Å². The molecule has 204 valence electrons. The minimum atomic E-state index is -4.70. The van der Waals surface area contributed by atoms with Gasteiger partial charge in [-0.25, -0.2) is 9.36 Å². The molecule has 4 N–H and O–H groups in total. The van der Waals surface area contributed by atoms with Crippen LogP contribution in [0.3, 0.4) is 0 Å². The Morgan fingerprint density at radius 3 is 2.14 bits per heavy atom. The summed E-state index contributed by atoms with van der Waals surface area (Å²) in [7, 11) is -4.70. The lowest BCUT2D eigenvalue weighted by Crippen LogP contribution is -2.43. The van der Waals surface area contributed by atoms with Gasteiger partial charge in [0.1, 0.15) is 12.7 Å². The lowest BCUT2D eigenvalue weighted by molar-refractivity contribution is -0.147. The molecule has 1 amide bonds. The molecule has 12 heteroatoms. The first-order chi connectivity index (χ1) is 16.6. The van der Waals surface area contributed by atoms with Gasteiger partial charge in [0, 0.05) is 12.8 Å². The second-order valence-electron chi connectivity index (χ2n) is 8.13. The lowest BCUT2D eigenvalue weighted by atomic mass is 10.1. The number of carbonyl (C=O) groups is 3. The van der Waals surface area contributed by atoms with E-state index in [1.807, 2.05) is 0 Å². The molecule has 0 aliphatic rings. The molecule has 0 saturated heterocycles. The molecule has 0 aromatic carbocycles. The lowest BCUT2D eigenvalue weighted by Gasteiger charge is -2.18. The molecule has 0 aliphatic carbocycles. The molecule has 3 unspecified atom stereocenters. The summed E-state index contributed by atoms with van der Waals surface area (Å²) in [6.07, 6.45) is 12.8. The number of ether oxygens (including phenoxy) is 1. The molecule has 0 spiro atoms. The Balaban J connectivity index is 3.94. The van der Waals surface area contributed by atoms with Crippen LogP contribution in [0.25, 0.3) is 0 Å². The maximum Gasteiger partial charge on any atom is 0.472 e. The number of phosphoric ester groups is 1. The number of hydrogen-bond donors (Lipinski definition) is 4. The minimum Gasteiger partial charge on any atom is -0.480 e. The summed E-state index contributed by atoms with van der Waals surface area (Å²) in [6, 6.07) is -1.54. The number of esters is 1. The fourth-order valence-corrected chi connectivity index (χ4v) is 3.56. The number of unbranched alkanes of at least 4 members (excludes halogenated alkanes) is 7. The zero-order valence-electron chi connectivity index (χ0n) is 20.9. The van der Waals surface area contributed by atoms with Crippen molar-refractivity contribution in [3.05, 3.63) is 12.2 Å². The Kier molecular flexibility index (Phi) is 19.4. The van der Waals surface area contributed by atoms with Gasteiger partial charge in [-0.1, -0.05) is 58.1 Å². The third-order valence-corrected chi connectivity index (χ3v) is 5.82. The molecule has 0 rings (SSSR count). The van der Waals surface area contributed by atoms with Crippen LogP contribution in [-0.4, -0.2) is 64.9 Å². The second-order valence-corrected chi connectivity index (χ2v) is 9.58. The van der Waals surface area contributed by atoms with Crippen molar-refractivity contribution in [3.63, 3.8) is 0 Å². The highest BCUT2D eigenvalue weighted by Gasteiger charge is 2.28. The molecule has 3 atom stereocenters. The topological polar surface area (TPSA) is 169 Å². The summed E-state index contributed by atoms with van der Waals surface area (Å²) in [5, 5.41) is 20.9. The molecule has 0 aromatic heterocycles. The number of phosphoric acid groups is 1. The van der Waals surface area contributed by atoms with Crippen LogP contribution in [0.5, 0.6) is 0 Å². The fourth-order valence-electron chi connectivity index (χ4n) is 2.79. The number of carbonyl (C=O) groups excluding carboxylic acids is 2. The van der Waals surface area contributed by atoms with Crippen LogP contribution >= 0.6 is 7.82 Å². The van der Waals surface area contributed by atoms with Crippen LogP contribution in [0, 0.1) is 0 Å². The quantitative estimate of drug-likeness (QED) is 0.0713. The summed E-state index contributed by atoms with van der Waals surface area (Å²) in [6.45, 7) is 1.78. The fraction of sp³-hybridized carbons (Fsp3) is 0.783. The molecular weight excluding hydrogens is 481 g/mol. The molecular formula is C23H42NO10P. The standard InChI is InChI=1S/C23H42NO10P/c1-3-5-6-7-8-9-10-11-12-13-14-15-22(27)32-16-19(25)17-33-35(30,31)34-18-20(23(28)29)24-21(26)4-2/h7-8,19-20,25H,3-6,9-18H2,1-2H3,(H,24,26)(H,28,29)(H,30,31)/b8-7-. The second kappa shape index (κ2) is 20.4. The third kappa shape index (κ3) is 20.1. The number of aliphatic hydroxyl groups is 1. The molecule has 0 radical (unpaired) electrons. The normalized spacial score (nSPS) is 14.9. The molecule has 0 heterocycles. The third-order valence-electron chi connectivity index (χ3n) is 4.87. The van der Waals surface area contributed by atoms with E-state index in [-0.39, 0.29) is 12.8 Å². The van der Waals surface area contributed by atoms with E-state index in [0.29, 0.717) is 6.42 Å².